The molecule has 0 aliphatic carbocycles. The van der Waals surface area contributed by atoms with E-state index in [1.54, 1.807) is 0 Å². The van der Waals surface area contributed by atoms with Crippen molar-refractivity contribution in [2.24, 2.45) is 0 Å². The summed E-state index contributed by atoms with van der Waals surface area (Å²) in [5.74, 6) is 0. The van der Waals surface area contributed by atoms with Crippen molar-refractivity contribution in [3.05, 3.63) is 0 Å². The molecule has 0 aliphatic rings. The molecule has 27 valence electrons. The summed E-state index contributed by atoms with van der Waals surface area (Å²) in [6.07, 6.45) is 0. The van der Waals surface area contributed by atoms with Gasteiger partial charge in [-0.15, -0.1) is 0 Å². The fraction of sp³-hybridized carbons (Fsp3) is 0. The second-order valence-electron chi connectivity index (χ2n) is 0. The van der Waals surface area contributed by atoms with Crippen LogP contribution in [0, 0.1) is 0 Å². The maximum Gasteiger partial charge on any atom is 0 e. The van der Waals surface area contributed by atoms with E-state index in [0.717, 1.165) is 0 Å². The molecule has 0 fully saturated rings. The van der Waals surface area contributed by atoms with Gasteiger partial charge < -0.3 is 0 Å². The summed E-state index contributed by atoms with van der Waals surface area (Å²) in [5, 5.41) is 0. The quantitative estimate of drug-likeness (QED) is 0.417. The summed E-state index contributed by atoms with van der Waals surface area (Å²) in [6.45, 7) is 0. The van der Waals surface area contributed by atoms with Gasteiger partial charge in [-0.25, -0.2) is 0 Å². The molecule has 0 saturated heterocycles. The normalized spacial score (nSPS) is 0. The van der Waals surface area contributed by atoms with E-state index in [9.17, 15) is 0 Å². The second kappa shape index (κ2) is 26.5. The summed E-state index contributed by atoms with van der Waals surface area (Å²) in [5.41, 5.74) is 0. The van der Waals surface area contributed by atoms with Crippen LogP contribution >= 0.6 is 13.5 Å². The largest absolute Gasteiger partial charge is 0.197 e. The number of hydrogen-bond donors (Lipinski definition) is 0. The van der Waals surface area contributed by atoms with Gasteiger partial charge in [-0.05, 0) is 0 Å². The Kier molecular flexibility index (Phi) is 213. The Morgan fingerprint density at radius 3 is 1.00 bits per heavy atom. The molecule has 0 atom stereocenters. The van der Waals surface area contributed by atoms with Gasteiger partial charge in [0, 0.05) is 91.1 Å². The Labute approximate surface area is 103 Å². The van der Waals surface area contributed by atoms with Gasteiger partial charge in [-0.2, -0.15) is 13.5 Å². The zero-order chi connectivity index (χ0) is 0. The van der Waals surface area contributed by atoms with Crippen LogP contribution in [-0.4, -0.2) is 27.3 Å². The van der Waals surface area contributed by atoms with Crippen molar-refractivity contribution in [3.8, 4) is 0 Å². The molecule has 0 amide bonds. The van der Waals surface area contributed by atoms with Crippen molar-refractivity contribution in [1.82, 2.24) is 0 Å². The van der Waals surface area contributed by atoms with E-state index in [1.165, 1.54) is 0 Å². The van der Waals surface area contributed by atoms with Crippen LogP contribution < -0.4 is 0 Å². The van der Waals surface area contributed by atoms with Crippen LogP contribution in [0.15, 0.2) is 0 Å². The summed E-state index contributed by atoms with van der Waals surface area (Å²) in [7, 11) is 0. The van der Waals surface area contributed by atoms with Crippen LogP contribution in [0.5, 0.6) is 0 Å². The zero-order valence-corrected chi connectivity index (χ0v) is 15.5. The maximum atomic E-state index is 0. The van der Waals surface area contributed by atoms with E-state index in [4.69, 9.17) is 0 Å². The van der Waals surface area contributed by atoms with E-state index in [2.05, 4.69) is 0 Å². The predicted octanol–water partition coefficient (Wildman–Crippen LogP) is -0.275. The molecule has 0 aromatic carbocycles. The van der Waals surface area contributed by atoms with Crippen LogP contribution in [0.25, 0.3) is 0 Å². The van der Waals surface area contributed by atoms with Gasteiger partial charge in [0.25, 0.3) is 0 Å². The van der Waals surface area contributed by atoms with Gasteiger partial charge in [0.15, 0.2) is 0 Å². The van der Waals surface area contributed by atoms with E-state index in [-0.39, 0.29) is 105 Å². The average Bonchev–Trinajstić information content (AvgIpc) is 0. The van der Waals surface area contributed by atoms with Gasteiger partial charge in [-0.3, -0.25) is 0 Å². The summed E-state index contributed by atoms with van der Waals surface area (Å²) >= 11 is 0. The second-order valence-corrected chi connectivity index (χ2v) is 0. The van der Waals surface area contributed by atoms with Crippen LogP contribution in [0.4, 0.5) is 0 Å². The van der Waals surface area contributed by atoms with Crippen molar-refractivity contribution in [3.63, 3.8) is 0 Å². The molecule has 0 rings (SSSR count). The standard InChI is InChI=1S/Cd.Cu.Pb.H2S.Zn/h;;;1H2;. The fourth-order valence-electron chi connectivity index (χ4n) is 0. The Hall–Kier alpha value is 3.34. The third-order valence-corrected chi connectivity index (χ3v) is 0. The average molecular weight is 483 g/mol. The first-order valence-electron chi connectivity index (χ1n) is 0. The molecule has 0 spiro atoms. The molecule has 0 N–H and O–H groups in total. The molecule has 0 bridgehead atoms. The smallest absolute Gasteiger partial charge is 0 e. The topological polar surface area (TPSA) is 0 Å². The van der Waals surface area contributed by atoms with Crippen LogP contribution in [0.1, 0.15) is 0 Å². The third-order valence-electron chi connectivity index (χ3n) is 0. The van der Waals surface area contributed by atoms with Crippen molar-refractivity contribution >= 4 is 40.8 Å². The molecule has 5 heteroatoms. The monoisotopic (exact) mass is 483 g/mol. The summed E-state index contributed by atoms with van der Waals surface area (Å²) < 4.78 is 0. The molecule has 0 aliphatic heterocycles. The van der Waals surface area contributed by atoms with Gasteiger partial charge in [0.05, 0.1) is 0 Å². The van der Waals surface area contributed by atoms with Crippen molar-refractivity contribution < 1.29 is 63.8 Å². The summed E-state index contributed by atoms with van der Waals surface area (Å²) in [4.78, 5) is 0. The van der Waals surface area contributed by atoms with Crippen LogP contribution in [-0.2, 0) is 63.8 Å². The minimum Gasteiger partial charge on any atom is -0.197 e. The molecule has 0 nitrogen and oxygen atoms in total. The minimum atomic E-state index is 0. The molecule has 0 saturated carbocycles. The van der Waals surface area contributed by atoms with Crippen LogP contribution in [0.3, 0.4) is 0 Å². The van der Waals surface area contributed by atoms with Gasteiger partial charge in [-0.1, -0.05) is 0 Å². The van der Waals surface area contributed by atoms with Crippen molar-refractivity contribution in [1.29, 1.82) is 0 Å². The molecule has 0 aromatic heterocycles. The molecule has 0 unspecified atom stereocenters. The fourth-order valence-corrected chi connectivity index (χ4v) is 0. The molecule has 0 aromatic rings. The van der Waals surface area contributed by atoms with Crippen molar-refractivity contribution in [2.45, 2.75) is 0 Å². The van der Waals surface area contributed by atoms with Crippen LogP contribution in [0.2, 0.25) is 0 Å². The Bertz CT molecular complexity index is 11.6. The predicted molar refractivity (Wildman–Crippen MR) is 16.1 cm³/mol. The zero-order valence-electron chi connectivity index (χ0n) is 2.72. The first kappa shape index (κ1) is 40.3. The SMILES string of the molecule is S.[Cd].[Cu].[Pb].[Zn]. The van der Waals surface area contributed by atoms with Crippen molar-refractivity contribution in [2.75, 3.05) is 0 Å². The molecular formula is H2CdCuPbSZn. The van der Waals surface area contributed by atoms with Gasteiger partial charge in [0.2, 0.25) is 0 Å². The van der Waals surface area contributed by atoms with E-state index < -0.39 is 0 Å². The van der Waals surface area contributed by atoms with E-state index in [1.807, 2.05) is 0 Å². The number of hydrogen-bond acceptors (Lipinski definition) is 0. The van der Waals surface area contributed by atoms with Gasteiger partial charge >= 0.3 is 0 Å². The maximum absolute atomic E-state index is 0. The molecule has 5 radical (unpaired) electrons. The third kappa shape index (κ3) is 18.8. The molecule has 5 heavy (non-hydrogen) atoms. The van der Waals surface area contributed by atoms with E-state index >= 15 is 0 Å². The van der Waals surface area contributed by atoms with E-state index in [0.29, 0.717) is 0 Å². The number of rotatable bonds is 0. The first-order valence-corrected chi connectivity index (χ1v) is 0. The molecule has 0 heterocycles. The van der Waals surface area contributed by atoms with Gasteiger partial charge in [0.1, 0.15) is 0 Å². The molecular weight excluding hydrogens is 481 g/mol. The Balaban J connectivity index is 0. The summed E-state index contributed by atoms with van der Waals surface area (Å²) in [6, 6.07) is 0. The Morgan fingerprint density at radius 2 is 1.00 bits per heavy atom. The Morgan fingerprint density at radius 1 is 1.00 bits per heavy atom. The first-order chi connectivity index (χ1) is 0. The minimum absolute atomic E-state index is 0.